The first-order valence-corrected chi connectivity index (χ1v) is 9.36. The van der Waals surface area contributed by atoms with Crippen molar-refractivity contribution in [3.63, 3.8) is 0 Å². The number of phenols is 1. The normalized spacial score (nSPS) is 16.4. The van der Waals surface area contributed by atoms with E-state index < -0.39 is 6.09 Å². The zero-order chi connectivity index (χ0) is 19.5. The molecule has 1 saturated heterocycles. The van der Waals surface area contributed by atoms with Crippen molar-refractivity contribution in [1.82, 2.24) is 4.90 Å². The first-order chi connectivity index (χ1) is 13.6. The van der Waals surface area contributed by atoms with Gasteiger partial charge in [-0.2, -0.15) is 0 Å². The summed E-state index contributed by atoms with van der Waals surface area (Å²) in [7, 11) is 0. The van der Waals surface area contributed by atoms with E-state index in [1.54, 1.807) is 6.07 Å². The van der Waals surface area contributed by atoms with Crippen LogP contribution in [0.4, 0.5) is 4.79 Å². The van der Waals surface area contributed by atoms with Crippen molar-refractivity contribution in [2.75, 3.05) is 6.61 Å². The van der Waals surface area contributed by atoms with Crippen LogP contribution in [0.1, 0.15) is 17.5 Å². The van der Waals surface area contributed by atoms with Gasteiger partial charge in [0, 0.05) is 11.8 Å². The van der Waals surface area contributed by atoms with E-state index in [9.17, 15) is 14.7 Å². The smallest absolute Gasteiger partial charge is 0.416 e. The number of rotatable bonds is 5. The number of aromatic hydroxyl groups is 1. The maximum atomic E-state index is 12.8. The lowest BCUT2D eigenvalue weighted by Gasteiger charge is -2.20. The van der Waals surface area contributed by atoms with Gasteiger partial charge < -0.3 is 9.84 Å². The standard InChI is InChI=1S/C23H21NO4/c25-21-12-10-17(19-8-4-5-9-20(19)21)11-13-22(26)24-18(15-28-23(24)27)14-16-6-2-1-3-7-16/h1-10,12,18,25H,11,13-15H2/t18-/m0/s1. The number of cyclic esters (lactones) is 1. The number of aryl methyl sites for hydroxylation is 1. The second kappa shape index (κ2) is 7.72. The zero-order valence-corrected chi connectivity index (χ0v) is 15.4. The zero-order valence-electron chi connectivity index (χ0n) is 15.4. The Morgan fingerprint density at radius 2 is 1.71 bits per heavy atom. The Bertz CT molecular complexity index is 1020. The van der Waals surface area contributed by atoms with Crippen LogP contribution in [0, 0.1) is 0 Å². The van der Waals surface area contributed by atoms with E-state index in [0.717, 1.165) is 21.9 Å². The molecule has 3 aromatic carbocycles. The summed E-state index contributed by atoms with van der Waals surface area (Å²) < 4.78 is 5.14. The summed E-state index contributed by atoms with van der Waals surface area (Å²) in [5.41, 5.74) is 2.03. The molecule has 0 unspecified atom stereocenters. The molecule has 1 fully saturated rings. The highest BCUT2D eigenvalue weighted by atomic mass is 16.6. The maximum Gasteiger partial charge on any atom is 0.416 e. The lowest BCUT2D eigenvalue weighted by molar-refractivity contribution is -0.129. The molecule has 0 aromatic heterocycles. The SMILES string of the molecule is O=C(CCc1ccc(O)c2ccccc12)N1C(=O)OC[C@@H]1Cc1ccccc1. The van der Waals surface area contributed by atoms with Gasteiger partial charge in [0.15, 0.2) is 0 Å². The highest BCUT2D eigenvalue weighted by molar-refractivity contribution is 5.94. The molecule has 0 saturated carbocycles. The second-order valence-corrected chi connectivity index (χ2v) is 6.97. The summed E-state index contributed by atoms with van der Waals surface area (Å²) in [6.45, 7) is 0.224. The summed E-state index contributed by atoms with van der Waals surface area (Å²) in [6, 6.07) is 20.5. The average molecular weight is 375 g/mol. The molecule has 1 aliphatic heterocycles. The van der Waals surface area contributed by atoms with Gasteiger partial charge in [0.25, 0.3) is 0 Å². The number of hydrogen-bond acceptors (Lipinski definition) is 4. The van der Waals surface area contributed by atoms with Crippen molar-refractivity contribution in [3.8, 4) is 5.75 Å². The molecule has 5 nitrogen and oxygen atoms in total. The minimum atomic E-state index is -0.568. The van der Waals surface area contributed by atoms with Crippen LogP contribution in [0.5, 0.6) is 5.75 Å². The van der Waals surface area contributed by atoms with Gasteiger partial charge in [0.2, 0.25) is 5.91 Å². The van der Waals surface area contributed by atoms with E-state index >= 15 is 0 Å². The van der Waals surface area contributed by atoms with Crippen LogP contribution in [0.15, 0.2) is 66.7 Å². The number of amides is 2. The predicted molar refractivity (Wildman–Crippen MR) is 106 cm³/mol. The summed E-state index contributed by atoms with van der Waals surface area (Å²) in [6.07, 6.45) is 0.707. The van der Waals surface area contributed by atoms with Crippen molar-refractivity contribution in [3.05, 3.63) is 77.9 Å². The van der Waals surface area contributed by atoms with Gasteiger partial charge in [-0.15, -0.1) is 0 Å². The molecule has 5 heteroatoms. The van der Waals surface area contributed by atoms with E-state index in [1.165, 1.54) is 4.90 Å². The number of hydrogen-bond donors (Lipinski definition) is 1. The van der Waals surface area contributed by atoms with E-state index in [4.69, 9.17) is 4.74 Å². The molecule has 0 bridgehead atoms. The van der Waals surface area contributed by atoms with Gasteiger partial charge in [0.1, 0.15) is 12.4 Å². The third-order valence-corrected chi connectivity index (χ3v) is 5.14. The lowest BCUT2D eigenvalue weighted by atomic mass is 9.99. The molecule has 2 amide bonds. The molecule has 0 aliphatic carbocycles. The van der Waals surface area contributed by atoms with Gasteiger partial charge in [-0.05, 0) is 35.4 Å². The molecule has 1 N–H and O–H groups in total. The van der Waals surface area contributed by atoms with Crippen LogP contribution in [0.3, 0.4) is 0 Å². The fraction of sp³-hybridized carbons (Fsp3) is 0.217. The molecule has 28 heavy (non-hydrogen) atoms. The first kappa shape index (κ1) is 18.0. The van der Waals surface area contributed by atoms with Gasteiger partial charge in [-0.3, -0.25) is 4.79 Å². The lowest BCUT2D eigenvalue weighted by Crippen LogP contribution is -2.40. The molecule has 0 spiro atoms. The Kier molecular flexibility index (Phi) is 4.98. The molecule has 3 aromatic rings. The monoisotopic (exact) mass is 375 g/mol. The maximum absolute atomic E-state index is 12.8. The number of carbonyl (C=O) groups is 2. The second-order valence-electron chi connectivity index (χ2n) is 6.97. The number of ether oxygens (including phenoxy) is 1. The quantitative estimate of drug-likeness (QED) is 0.730. The summed E-state index contributed by atoms with van der Waals surface area (Å²) in [4.78, 5) is 26.2. The van der Waals surface area contributed by atoms with Crippen LogP contribution < -0.4 is 0 Å². The van der Waals surface area contributed by atoms with Gasteiger partial charge in [-0.25, -0.2) is 9.69 Å². The van der Waals surface area contributed by atoms with Gasteiger partial charge in [0.05, 0.1) is 6.04 Å². The summed E-state index contributed by atoms with van der Waals surface area (Å²) in [5.74, 6) is -0.0164. The number of fused-ring (bicyclic) bond motifs is 1. The van der Waals surface area contributed by atoms with Gasteiger partial charge in [-0.1, -0.05) is 60.7 Å². The predicted octanol–water partition coefficient (Wildman–Crippen LogP) is 4.07. The highest BCUT2D eigenvalue weighted by Crippen LogP contribution is 2.28. The number of imide groups is 1. The molecule has 1 atom stereocenters. The van der Waals surface area contributed by atoms with Crippen LogP contribution in [0.25, 0.3) is 10.8 Å². The van der Waals surface area contributed by atoms with E-state index in [1.807, 2.05) is 60.7 Å². The van der Waals surface area contributed by atoms with Crippen LogP contribution >= 0.6 is 0 Å². The van der Waals surface area contributed by atoms with Crippen molar-refractivity contribution >= 4 is 22.8 Å². The minimum Gasteiger partial charge on any atom is -0.507 e. The molecule has 0 radical (unpaired) electrons. The fourth-order valence-electron chi connectivity index (χ4n) is 3.73. The van der Waals surface area contributed by atoms with Crippen molar-refractivity contribution in [1.29, 1.82) is 0 Å². The van der Waals surface area contributed by atoms with Gasteiger partial charge >= 0.3 is 6.09 Å². The Morgan fingerprint density at radius 3 is 2.50 bits per heavy atom. The van der Waals surface area contributed by atoms with Crippen LogP contribution in [0.2, 0.25) is 0 Å². The number of benzene rings is 3. The molecule has 1 aliphatic rings. The molecule has 1 heterocycles. The third-order valence-electron chi connectivity index (χ3n) is 5.14. The Balaban J connectivity index is 1.48. The molecule has 4 rings (SSSR count). The van der Waals surface area contributed by atoms with Crippen molar-refractivity contribution < 1.29 is 19.4 Å². The van der Waals surface area contributed by atoms with E-state index in [-0.39, 0.29) is 30.7 Å². The Hall–Kier alpha value is -3.34. The van der Waals surface area contributed by atoms with Crippen molar-refractivity contribution in [2.24, 2.45) is 0 Å². The average Bonchev–Trinajstić information content (AvgIpc) is 3.08. The molecular formula is C23H21NO4. The van der Waals surface area contributed by atoms with E-state index in [2.05, 4.69) is 0 Å². The Labute approximate surface area is 163 Å². The molecule has 142 valence electrons. The van der Waals surface area contributed by atoms with Crippen LogP contribution in [-0.2, 0) is 22.4 Å². The van der Waals surface area contributed by atoms with Crippen molar-refractivity contribution in [2.45, 2.75) is 25.3 Å². The largest absolute Gasteiger partial charge is 0.507 e. The number of phenolic OH excluding ortho intramolecular Hbond substituents is 1. The van der Waals surface area contributed by atoms with E-state index in [0.29, 0.717) is 12.8 Å². The highest BCUT2D eigenvalue weighted by Gasteiger charge is 2.37. The summed E-state index contributed by atoms with van der Waals surface area (Å²) in [5, 5.41) is 11.7. The van der Waals surface area contributed by atoms with Crippen LogP contribution in [-0.4, -0.2) is 34.7 Å². The Morgan fingerprint density at radius 1 is 1.00 bits per heavy atom. The number of carbonyl (C=O) groups excluding carboxylic acids is 2. The topological polar surface area (TPSA) is 66.8 Å². The summed E-state index contributed by atoms with van der Waals surface area (Å²) >= 11 is 0. The fourth-order valence-corrected chi connectivity index (χ4v) is 3.73. The first-order valence-electron chi connectivity index (χ1n) is 9.36. The number of nitrogens with zero attached hydrogens (tertiary/aromatic N) is 1. The third kappa shape index (κ3) is 3.56. The minimum absolute atomic E-state index is 0.204. The molecular weight excluding hydrogens is 354 g/mol.